The Hall–Kier alpha value is -1.89. The number of carbonyl (C=O) groups excluding carboxylic acids is 1. The largest absolute Gasteiger partial charge is 0.342 e. The molecule has 0 bridgehead atoms. The van der Waals surface area contributed by atoms with Crippen molar-refractivity contribution in [2.24, 2.45) is 5.92 Å². The molecule has 19 heavy (non-hydrogen) atoms. The molecule has 1 aromatic rings. The number of rotatable bonds is 3. The maximum Gasteiger partial charge on any atom is 0.223 e. The van der Waals surface area contributed by atoms with Crippen LogP contribution in [0.2, 0.25) is 0 Å². The molecular formula is C15H17FN2O. The van der Waals surface area contributed by atoms with Gasteiger partial charge in [0, 0.05) is 19.5 Å². The number of piperidine rings is 1. The number of halogens is 1. The van der Waals surface area contributed by atoms with Gasteiger partial charge < -0.3 is 4.90 Å². The van der Waals surface area contributed by atoms with E-state index in [1.165, 1.54) is 6.07 Å². The van der Waals surface area contributed by atoms with Gasteiger partial charge in [0.25, 0.3) is 0 Å². The van der Waals surface area contributed by atoms with E-state index in [2.05, 4.69) is 6.07 Å². The van der Waals surface area contributed by atoms with Gasteiger partial charge in [-0.1, -0.05) is 12.1 Å². The number of benzene rings is 1. The van der Waals surface area contributed by atoms with Gasteiger partial charge in [0.05, 0.1) is 12.0 Å². The molecule has 1 heterocycles. The number of aryl methyl sites for hydroxylation is 1. The van der Waals surface area contributed by atoms with E-state index in [4.69, 9.17) is 5.26 Å². The fourth-order valence-electron chi connectivity index (χ4n) is 2.35. The van der Waals surface area contributed by atoms with Crippen molar-refractivity contribution in [1.82, 2.24) is 4.90 Å². The van der Waals surface area contributed by atoms with Gasteiger partial charge in [-0.2, -0.15) is 5.26 Å². The van der Waals surface area contributed by atoms with Crippen LogP contribution in [0.1, 0.15) is 24.0 Å². The molecule has 0 aliphatic carbocycles. The summed E-state index contributed by atoms with van der Waals surface area (Å²) in [5.74, 6) is -0.275. The number of nitrogens with zero attached hydrogens (tertiary/aromatic N) is 2. The fraction of sp³-hybridized carbons (Fsp3) is 0.467. The quantitative estimate of drug-likeness (QED) is 0.837. The van der Waals surface area contributed by atoms with Crippen LogP contribution in [0, 0.1) is 30.0 Å². The minimum Gasteiger partial charge on any atom is -0.342 e. The molecule has 1 aromatic carbocycles. The van der Waals surface area contributed by atoms with Gasteiger partial charge in [-0.25, -0.2) is 4.39 Å². The van der Waals surface area contributed by atoms with Crippen LogP contribution < -0.4 is 0 Å². The summed E-state index contributed by atoms with van der Waals surface area (Å²) < 4.78 is 13.1. The maximum atomic E-state index is 13.1. The van der Waals surface area contributed by atoms with Crippen LogP contribution >= 0.6 is 0 Å². The highest BCUT2D eigenvalue weighted by Gasteiger charge is 2.25. The Balaban J connectivity index is 1.90. The first-order chi connectivity index (χ1) is 9.10. The predicted molar refractivity (Wildman–Crippen MR) is 69.8 cm³/mol. The van der Waals surface area contributed by atoms with E-state index in [0.717, 1.165) is 18.4 Å². The number of amides is 1. The summed E-state index contributed by atoms with van der Waals surface area (Å²) in [5.41, 5.74) is 1.67. The minimum absolute atomic E-state index is 0.0524. The van der Waals surface area contributed by atoms with E-state index in [0.29, 0.717) is 25.1 Å². The highest BCUT2D eigenvalue weighted by Crippen LogP contribution is 2.18. The summed E-state index contributed by atoms with van der Waals surface area (Å²) in [6.07, 6.45) is 1.81. The molecule has 0 radical (unpaired) electrons. The molecule has 3 nitrogen and oxygen atoms in total. The molecule has 0 aromatic heterocycles. The highest BCUT2D eigenvalue weighted by molar-refractivity contribution is 5.77. The Morgan fingerprint density at radius 2 is 2.32 bits per heavy atom. The van der Waals surface area contributed by atoms with E-state index >= 15 is 0 Å². The zero-order valence-electron chi connectivity index (χ0n) is 11.0. The lowest BCUT2D eigenvalue weighted by molar-refractivity contribution is -0.134. The molecule has 2 rings (SSSR count). The Kier molecular flexibility index (Phi) is 4.16. The van der Waals surface area contributed by atoms with Crippen LogP contribution in [0.15, 0.2) is 18.2 Å². The summed E-state index contributed by atoms with van der Waals surface area (Å²) in [6, 6.07) is 7.20. The summed E-state index contributed by atoms with van der Waals surface area (Å²) in [7, 11) is 0. The third-order valence-electron chi connectivity index (χ3n) is 3.60. The Bertz CT molecular complexity index is 521. The first kappa shape index (κ1) is 13.5. The van der Waals surface area contributed by atoms with Crippen molar-refractivity contribution in [3.8, 4) is 6.07 Å². The smallest absolute Gasteiger partial charge is 0.223 e. The van der Waals surface area contributed by atoms with Gasteiger partial charge in [-0.3, -0.25) is 4.79 Å². The lowest BCUT2D eigenvalue weighted by Gasteiger charge is -2.29. The molecule has 0 saturated carbocycles. The van der Waals surface area contributed by atoms with Gasteiger partial charge in [0.2, 0.25) is 5.91 Å². The van der Waals surface area contributed by atoms with Gasteiger partial charge in [0.1, 0.15) is 5.82 Å². The highest BCUT2D eigenvalue weighted by atomic mass is 19.1. The molecule has 1 aliphatic heterocycles. The standard InChI is InChI=1S/C15H17FN2O/c1-11-8-12(2-3-14(11)16)4-6-18-7-5-13(10-17)9-15(18)19/h2-3,8,13H,4-7,9H2,1H3. The van der Waals surface area contributed by atoms with Crippen LogP contribution in [0.5, 0.6) is 0 Å². The second-order valence-electron chi connectivity index (χ2n) is 5.03. The molecule has 1 aliphatic rings. The molecule has 0 N–H and O–H groups in total. The van der Waals surface area contributed by atoms with Crippen molar-refractivity contribution >= 4 is 5.91 Å². The first-order valence-electron chi connectivity index (χ1n) is 6.52. The summed E-state index contributed by atoms with van der Waals surface area (Å²) in [4.78, 5) is 13.6. The molecule has 1 amide bonds. The molecule has 4 heteroatoms. The summed E-state index contributed by atoms with van der Waals surface area (Å²) >= 11 is 0. The summed E-state index contributed by atoms with van der Waals surface area (Å²) in [5, 5.41) is 8.80. The molecular weight excluding hydrogens is 243 g/mol. The molecule has 1 unspecified atom stereocenters. The van der Waals surface area contributed by atoms with Crippen molar-refractivity contribution in [3.63, 3.8) is 0 Å². The van der Waals surface area contributed by atoms with Gasteiger partial charge in [-0.05, 0) is 37.0 Å². The normalized spacial score (nSPS) is 19.3. The first-order valence-corrected chi connectivity index (χ1v) is 6.52. The van der Waals surface area contributed by atoms with Gasteiger partial charge in [-0.15, -0.1) is 0 Å². The lowest BCUT2D eigenvalue weighted by atomic mass is 9.97. The van der Waals surface area contributed by atoms with Crippen LogP contribution in [-0.4, -0.2) is 23.9 Å². The van der Waals surface area contributed by atoms with Crippen LogP contribution in [0.25, 0.3) is 0 Å². The second-order valence-corrected chi connectivity index (χ2v) is 5.03. The predicted octanol–water partition coefficient (Wildman–Crippen LogP) is 2.44. The van der Waals surface area contributed by atoms with Crippen molar-refractivity contribution in [2.45, 2.75) is 26.2 Å². The lowest BCUT2D eigenvalue weighted by Crippen LogP contribution is -2.39. The van der Waals surface area contributed by atoms with E-state index in [1.54, 1.807) is 17.9 Å². The van der Waals surface area contributed by atoms with E-state index in [-0.39, 0.29) is 17.6 Å². The monoisotopic (exact) mass is 260 g/mol. The van der Waals surface area contributed by atoms with Crippen molar-refractivity contribution in [1.29, 1.82) is 5.26 Å². The van der Waals surface area contributed by atoms with Crippen molar-refractivity contribution in [3.05, 3.63) is 35.1 Å². The zero-order valence-corrected chi connectivity index (χ0v) is 11.0. The Labute approximate surface area is 112 Å². The Morgan fingerprint density at radius 1 is 1.53 bits per heavy atom. The van der Waals surface area contributed by atoms with E-state index in [9.17, 15) is 9.18 Å². The minimum atomic E-state index is -0.199. The SMILES string of the molecule is Cc1cc(CCN2CCC(C#N)CC2=O)ccc1F. The zero-order chi connectivity index (χ0) is 13.8. The molecule has 1 saturated heterocycles. The topological polar surface area (TPSA) is 44.1 Å². The van der Waals surface area contributed by atoms with Crippen LogP contribution in [0.4, 0.5) is 4.39 Å². The van der Waals surface area contributed by atoms with Gasteiger partial charge >= 0.3 is 0 Å². The van der Waals surface area contributed by atoms with Crippen molar-refractivity contribution in [2.75, 3.05) is 13.1 Å². The van der Waals surface area contributed by atoms with E-state index in [1.807, 2.05) is 6.07 Å². The number of hydrogen-bond acceptors (Lipinski definition) is 2. The summed E-state index contributed by atoms with van der Waals surface area (Å²) in [6.45, 7) is 3.03. The average molecular weight is 260 g/mol. The number of likely N-dealkylation sites (tertiary alicyclic amines) is 1. The molecule has 1 atom stereocenters. The van der Waals surface area contributed by atoms with Gasteiger partial charge in [0.15, 0.2) is 0 Å². The maximum absolute atomic E-state index is 13.1. The average Bonchev–Trinajstić information content (AvgIpc) is 2.41. The third-order valence-corrected chi connectivity index (χ3v) is 3.60. The molecule has 1 fully saturated rings. The van der Waals surface area contributed by atoms with Crippen LogP contribution in [0.3, 0.4) is 0 Å². The second kappa shape index (κ2) is 5.83. The number of hydrogen-bond donors (Lipinski definition) is 0. The fourth-order valence-corrected chi connectivity index (χ4v) is 2.35. The van der Waals surface area contributed by atoms with Crippen molar-refractivity contribution < 1.29 is 9.18 Å². The number of carbonyl (C=O) groups is 1. The molecule has 0 spiro atoms. The third kappa shape index (κ3) is 3.31. The number of nitriles is 1. The van der Waals surface area contributed by atoms with E-state index < -0.39 is 0 Å². The Morgan fingerprint density at radius 3 is 2.95 bits per heavy atom. The van der Waals surface area contributed by atoms with Crippen LogP contribution in [-0.2, 0) is 11.2 Å². The molecule has 100 valence electrons.